The molecule has 0 unspecified atom stereocenters. The van der Waals surface area contributed by atoms with Crippen molar-refractivity contribution in [1.82, 2.24) is 0 Å². The molecule has 0 spiro atoms. The summed E-state index contributed by atoms with van der Waals surface area (Å²) in [6.45, 7) is 0. The highest BCUT2D eigenvalue weighted by molar-refractivity contribution is 7.94. The van der Waals surface area contributed by atoms with Crippen LogP contribution in [0.1, 0.15) is 0 Å². The molecule has 0 amide bonds. The lowest BCUT2D eigenvalue weighted by molar-refractivity contribution is 0.485. The summed E-state index contributed by atoms with van der Waals surface area (Å²) in [7, 11) is 0. The molecule has 0 radical (unpaired) electrons. The van der Waals surface area contributed by atoms with E-state index in [0.29, 0.717) is 27.1 Å². The fourth-order valence-electron chi connectivity index (χ4n) is 1.30. The van der Waals surface area contributed by atoms with Crippen molar-refractivity contribution in [1.29, 1.82) is 0 Å². The number of rotatable bonds is 3. The number of para-hydroxylation sites is 2. The lowest BCUT2D eigenvalue weighted by Gasteiger charge is -2.09. The number of ether oxygens (including phenoxy) is 1. The van der Waals surface area contributed by atoms with Gasteiger partial charge in [0.1, 0.15) is 11.5 Å². The molecule has 88 valence electrons. The maximum absolute atomic E-state index is 12.3. The summed E-state index contributed by atoms with van der Waals surface area (Å²) in [5, 5.41) is 0.343. The molecular weight excluding hydrogens is 261 g/mol. The minimum absolute atomic E-state index is 0.136. The molecule has 0 saturated heterocycles. The van der Waals surface area contributed by atoms with Crippen LogP contribution in [0.25, 0.3) is 0 Å². The molecular formula is C12H9ClFNOS. The second kappa shape index (κ2) is 5.29. The Morgan fingerprint density at radius 2 is 1.88 bits per heavy atom. The Bertz CT molecular complexity index is 536. The molecule has 0 aliphatic rings. The van der Waals surface area contributed by atoms with Gasteiger partial charge >= 0.3 is 0 Å². The largest absolute Gasteiger partial charge is 0.454 e. The first kappa shape index (κ1) is 12.1. The molecule has 0 aromatic heterocycles. The van der Waals surface area contributed by atoms with E-state index in [1.165, 1.54) is 6.07 Å². The first-order valence-electron chi connectivity index (χ1n) is 4.81. The average Bonchev–Trinajstić information content (AvgIpc) is 2.34. The molecule has 0 atom stereocenters. The summed E-state index contributed by atoms with van der Waals surface area (Å²) in [5.41, 5.74) is 6.26. The van der Waals surface area contributed by atoms with Gasteiger partial charge in [0.15, 0.2) is 0 Å². The molecule has 2 nitrogen and oxygen atoms in total. The minimum atomic E-state index is 0.136. The third-order valence-electron chi connectivity index (χ3n) is 2.13. The number of benzene rings is 2. The molecule has 17 heavy (non-hydrogen) atoms. The fourth-order valence-corrected chi connectivity index (χ4v) is 1.87. The second-order valence-corrected chi connectivity index (χ2v) is 4.34. The summed E-state index contributed by atoms with van der Waals surface area (Å²) in [6.07, 6.45) is 0. The van der Waals surface area contributed by atoms with Crippen LogP contribution in [0, 0.1) is 0 Å². The van der Waals surface area contributed by atoms with Crippen molar-refractivity contribution in [2.75, 3.05) is 5.73 Å². The molecule has 0 aliphatic heterocycles. The number of hydrogen-bond donors (Lipinski definition) is 1. The minimum Gasteiger partial charge on any atom is -0.454 e. The van der Waals surface area contributed by atoms with Gasteiger partial charge in [-0.3, -0.25) is 0 Å². The number of nitrogens with two attached hydrogens (primary N) is 1. The quantitative estimate of drug-likeness (QED) is 0.821. The van der Waals surface area contributed by atoms with Gasteiger partial charge in [-0.05, 0) is 30.3 Å². The molecule has 0 aliphatic carbocycles. The predicted octanol–water partition coefficient (Wildman–Crippen LogP) is 4.69. The maximum atomic E-state index is 12.3. The average molecular weight is 270 g/mol. The van der Waals surface area contributed by atoms with Crippen LogP contribution >= 0.6 is 23.7 Å². The lowest BCUT2D eigenvalue weighted by atomic mass is 10.3. The van der Waals surface area contributed by atoms with Crippen LogP contribution in [0.15, 0.2) is 47.4 Å². The molecule has 0 saturated carbocycles. The van der Waals surface area contributed by atoms with Crippen molar-refractivity contribution in [2.45, 2.75) is 4.90 Å². The molecule has 2 aromatic carbocycles. The number of hydrogen-bond acceptors (Lipinski definition) is 3. The van der Waals surface area contributed by atoms with Gasteiger partial charge in [0.2, 0.25) is 0 Å². The van der Waals surface area contributed by atoms with Crippen molar-refractivity contribution in [3.8, 4) is 11.5 Å². The first-order valence-corrected chi connectivity index (χ1v) is 5.90. The van der Waals surface area contributed by atoms with Crippen LogP contribution in [0.3, 0.4) is 0 Å². The van der Waals surface area contributed by atoms with Crippen molar-refractivity contribution in [2.24, 2.45) is 0 Å². The highest BCUT2D eigenvalue weighted by atomic mass is 35.5. The third-order valence-corrected chi connectivity index (χ3v) is 2.86. The maximum Gasteiger partial charge on any atom is 0.150 e. The molecule has 0 bridgehead atoms. The van der Waals surface area contributed by atoms with Crippen molar-refractivity contribution in [3.63, 3.8) is 0 Å². The van der Waals surface area contributed by atoms with E-state index in [2.05, 4.69) is 0 Å². The molecule has 5 heteroatoms. The Balaban J connectivity index is 2.28. The van der Waals surface area contributed by atoms with Gasteiger partial charge in [0.25, 0.3) is 0 Å². The van der Waals surface area contributed by atoms with Crippen molar-refractivity contribution < 1.29 is 8.62 Å². The van der Waals surface area contributed by atoms with Gasteiger partial charge in [-0.15, -0.1) is 0 Å². The molecule has 0 fully saturated rings. The van der Waals surface area contributed by atoms with Crippen LogP contribution in [-0.4, -0.2) is 0 Å². The van der Waals surface area contributed by atoms with E-state index < -0.39 is 0 Å². The van der Waals surface area contributed by atoms with E-state index in [-0.39, 0.29) is 12.1 Å². The first-order chi connectivity index (χ1) is 8.20. The topological polar surface area (TPSA) is 35.2 Å². The van der Waals surface area contributed by atoms with Crippen LogP contribution in [-0.2, 0) is 0 Å². The second-order valence-electron chi connectivity index (χ2n) is 3.31. The summed E-state index contributed by atoms with van der Waals surface area (Å²) in [6, 6.07) is 11.8. The third kappa shape index (κ3) is 2.84. The summed E-state index contributed by atoms with van der Waals surface area (Å²) >= 11 is 6.10. The van der Waals surface area contributed by atoms with Crippen molar-refractivity contribution in [3.05, 3.63) is 47.5 Å². The van der Waals surface area contributed by atoms with E-state index in [0.717, 1.165) is 0 Å². The Hall–Kier alpha value is -1.39. The molecule has 0 heterocycles. The zero-order valence-corrected chi connectivity index (χ0v) is 10.3. The van der Waals surface area contributed by atoms with E-state index in [4.69, 9.17) is 22.1 Å². The Labute approximate surface area is 108 Å². The number of nitrogen functional groups attached to an aromatic ring is 1. The predicted molar refractivity (Wildman–Crippen MR) is 69.3 cm³/mol. The Morgan fingerprint density at radius 3 is 2.53 bits per heavy atom. The lowest BCUT2D eigenvalue weighted by Crippen LogP contribution is -1.91. The van der Waals surface area contributed by atoms with Gasteiger partial charge in [-0.25, -0.2) is 0 Å². The zero-order valence-electron chi connectivity index (χ0n) is 8.69. The van der Waals surface area contributed by atoms with E-state index in [1.807, 2.05) is 12.1 Å². The van der Waals surface area contributed by atoms with Crippen LogP contribution in [0.2, 0.25) is 5.02 Å². The van der Waals surface area contributed by atoms with Crippen LogP contribution in [0.5, 0.6) is 11.5 Å². The standard InChI is InChI=1S/C12H9ClFNOS/c13-9-7-8(17-14)5-6-11(9)16-12-4-2-1-3-10(12)15/h1-7H,15H2. The molecule has 2 aromatic rings. The highest BCUT2D eigenvalue weighted by Crippen LogP contribution is 2.34. The van der Waals surface area contributed by atoms with Crippen LogP contribution in [0.4, 0.5) is 9.57 Å². The summed E-state index contributed by atoms with van der Waals surface area (Å²) < 4.78 is 17.9. The summed E-state index contributed by atoms with van der Waals surface area (Å²) in [5.74, 6) is 0.970. The van der Waals surface area contributed by atoms with E-state index in [1.54, 1.807) is 24.3 Å². The van der Waals surface area contributed by atoms with Gasteiger partial charge in [-0.2, -0.15) is 3.89 Å². The van der Waals surface area contributed by atoms with E-state index in [9.17, 15) is 3.89 Å². The fraction of sp³-hybridized carbons (Fsp3) is 0. The zero-order chi connectivity index (χ0) is 12.3. The Kier molecular flexibility index (Phi) is 3.76. The van der Waals surface area contributed by atoms with Gasteiger partial charge < -0.3 is 10.5 Å². The van der Waals surface area contributed by atoms with Gasteiger partial charge in [0.05, 0.1) is 22.9 Å². The normalized spacial score (nSPS) is 10.2. The van der Waals surface area contributed by atoms with Gasteiger partial charge in [-0.1, -0.05) is 23.7 Å². The molecule has 2 rings (SSSR count). The monoisotopic (exact) mass is 269 g/mol. The summed E-state index contributed by atoms with van der Waals surface area (Å²) in [4.78, 5) is 0.434. The Morgan fingerprint density at radius 1 is 1.12 bits per heavy atom. The van der Waals surface area contributed by atoms with E-state index >= 15 is 0 Å². The smallest absolute Gasteiger partial charge is 0.150 e. The van der Waals surface area contributed by atoms with Gasteiger partial charge in [0, 0.05) is 4.90 Å². The van der Waals surface area contributed by atoms with Crippen LogP contribution < -0.4 is 10.5 Å². The van der Waals surface area contributed by atoms with Crippen molar-refractivity contribution >= 4 is 29.4 Å². The number of anilines is 1. The molecule has 2 N–H and O–H groups in total. The SMILES string of the molecule is Nc1ccccc1Oc1ccc(SF)cc1Cl. The number of halogens is 2. The highest BCUT2D eigenvalue weighted by Gasteiger charge is 2.06.